The van der Waals surface area contributed by atoms with E-state index in [4.69, 9.17) is 4.74 Å². The molecule has 1 atom stereocenters. The first-order valence-electron chi connectivity index (χ1n) is 4.89. The molecular formula is C11H15BrClNO. The largest absolute Gasteiger partial charge is 0.488 e. The Morgan fingerprint density at radius 3 is 2.87 bits per heavy atom. The zero-order valence-corrected chi connectivity index (χ0v) is 11.0. The maximum Gasteiger partial charge on any atom is 0.133 e. The minimum Gasteiger partial charge on any atom is -0.488 e. The van der Waals surface area contributed by atoms with Crippen molar-refractivity contribution in [3.8, 4) is 5.75 Å². The second kappa shape index (κ2) is 5.73. The first kappa shape index (κ1) is 12.8. The molecule has 1 aromatic rings. The molecule has 4 heteroatoms. The van der Waals surface area contributed by atoms with Crippen molar-refractivity contribution in [3.63, 3.8) is 0 Å². The molecule has 0 amide bonds. The van der Waals surface area contributed by atoms with E-state index in [0.717, 1.165) is 29.7 Å². The van der Waals surface area contributed by atoms with Crippen LogP contribution in [0.15, 0.2) is 22.7 Å². The van der Waals surface area contributed by atoms with Crippen LogP contribution >= 0.6 is 28.3 Å². The molecule has 1 aromatic carbocycles. The van der Waals surface area contributed by atoms with Gasteiger partial charge in [-0.3, -0.25) is 0 Å². The lowest BCUT2D eigenvalue weighted by atomic mass is 10.2. The summed E-state index contributed by atoms with van der Waals surface area (Å²) in [5.74, 6) is 0.948. The summed E-state index contributed by atoms with van der Waals surface area (Å²) in [6, 6.07) is 6.18. The van der Waals surface area contributed by atoms with Gasteiger partial charge in [0, 0.05) is 6.54 Å². The number of hydrogen-bond donors (Lipinski definition) is 1. The van der Waals surface area contributed by atoms with Crippen LogP contribution in [0.1, 0.15) is 12.0 Å². The van der Waals surface area contributed by atoms with Crippen LogP contribution in [-0.4, -0.2) is 19.2 Å². The van der Waals surface area contributed by atoms with E-state index < -0.39 is 0 Å². The number of benzene rings is 1. The summed E-state index contributed by atoms with van der Waals surface area (Å²) in [5.41, 5.74) is 1.24. The quantitative estimate of drug-likeness (QED) is 0.905. The molecule has 84 valence electrons. The third kappa shape index (κ3) is 3.37. The maximum absolute atomic E-state index is 5.85. The Hall–Kier alpha value is -0.250. The molecule has 1 aliphatic rings. The van der Waals surface area contributed by atoms with Crippen LogP contribution in [-0.2, 0) is 0 Å². The third-order valence-corrected chi connectivity index (χ3v) is 3.02. The SMILES string of the molecule is Cc1ccc(OC2CCNC2)c(Br)c1.Cl. The molecule has 0 saturated carbocycles. The van der Waals surface area contributed by atoms with Crippen LogP contribution in [0.25, 0.3) is 0 Å². The lowest BCUT2D eigenvalue weighted by Gasteiger charge is -2.13. The fourth-order valence-electron chi connectivity index (χ4n) is 1.61. The second-order valence-corrected chi connectivity index (χ2v) is 4.52. The standard InChI is InChI=1S/C11H14BrNO.ClH/c1-8-2-3-11(10(12)6-8)14-9-4-5-13-7-9;/h2-3,6,9,13H,4-5,7H2,1H3;1H. The van der Waals surface area contributed by atoms with Gasteiger partial charge in [0.2, 0.25) is 0 Å². The number of nitrogens with one attached hydrogen (secondary N) is 1. The van der Waals surface area contributed by atoms with Crippen molar-refractivity contribution in [2.45, 2.75) is 19.4 Å². The average Bonchev–Trinajstić information content (AvgIpc) is 2.62. The topological polar surface area (TPSA) is 21.3 Å². The first-order chi connectivity index (χ1) is 6.75. The van der Waals surface area contributed by atoms with E-state index in [-0.39, 0.29) is 12.4 Å². The summed E-state index contributed by atoms with van der Waals surface area (Å²) >= 11 is 3.51. The molecule has 1 fully saturated rings. The molecule has 1 aliphatic heterocycles. The monoisotopic (exact) mass is 291 g/mol. The minimum absolute atomic E-state index is 0. The van der Waals surface area contributed by atoms with Crippen molar-refractivity contribution in [2.75, 3.05) is 13.1 Å². The molecule has 0 spiro atoms. The predicted octanol–water partition coefficient (Wildman–Crippen LogP) is 2.92. The van der Waals surface area contributed by atoms with Crippen molar-refractivity contribution >= 4 is 28.3 Å². The van der Waals surface area contributed by atoms with Gasteiger partial charge in [-0.1, -0.05) is 6.07 Å². The summed E-state index contributed by atoms with van der Waals surface area (Å²) in [6.07, 6.45) is 1.43. The van der Waals surface area contributed by atoms with E-state index >= 15 is 0 Å². The molecule has 1 heterocycles. The number of aryl methyl sites for hydroxylation is 1. The smallest absolute Gasteiger partial charge is 0.133 e. The van der Waals surface area contributed by atoms with E-state index in [1.807, 2.05) is 6.07 Å². The molecule has 0 aliphatic carbocycles. The maximum atomic E-state index is 5.85. The van der Waals surface area contributed by atoms with Crippen molar-refractivity contribution in [2.24, 2.45) is 0 Å². The molecule has 1 N–H and O–H groups in total. The Morgan fingerprint density at radius 1 is 1.47 bits per heavy atom. The zero-order valence-electron chi connectivity index (χ0n) is 8.63. The molecule has 15 heavy (non-hydrogen) atoms. The van der Waals surface area contributed by atoms with Crippen molar-refractivity contribution in [1.29, 1.82) is 0 Å². The van der Waals surface area contributed by atoms with E-state index in [2.05, 4.69) is 40.3 Å². The number of rotatable bonds is 2. The second-order valence-electron chi connectivity index (χ2n) is 3.67. The van der Waals surface area contributed by atoms with Crippen molar-refractivity contribution in [3.05, 3.63) is 28.2 Å². The van der Waals surface area contributed by atoms with Crippen LogP contribution in [0.5, 0.6) is 5.75 Å². The summed E-state index contributed by atoms with van der Waals surface area (Å²) in [5, 5.41) is 3.28. The van der Waals surface area contributed by atoms with Crippen LogP contribution in [0, 0.1) is 6.92 Å². The molecule has 0 radical (unpaired) electrons. The summed E-state index contributed by atoms with van der Waals surface area (Å²) in [4.78, 5) is 0. The van der Waals surface area contributed by atoms with Gasteiger partial charge in [-0.15, -0.1) is 12.4 Å². The van der Waals surface area contributed by atoms with Gasteiger partial charge in [0.05, 0.1) is 4.47 Å². The van der Waals surface area contributed by atoms with Crippen LogP contribution in [0.3, 0.4) is 0 Å². The molecule has 2 rings (SSSR count). The summed E-state index contributed by atoms with van der Waals surface area (Å²) in [7, 11) is 0. The van der Waals surface area contributed by atoms with Gasteiger partial charge < -0.3 is 10.1 Å². The summed E-state index contributed by atoms with van der Waals surface area (Å²) in [6.45, 7) is 4.10. The van der Waals surface area contributed by atoms with Gasteiger partial charge in [-0.2, -0.15) is 0 Å². The Kier molecular flexibility index (Phi) is 4.90. The lowest BCUT2D eigenvalue weighted by Crippen LogP contribution is -2.19. The summed E-state index contributed by atoms with van der Waals surface area (Å²) < 4.78 is 6.90. The lowest BCUT2D eigenvalue weighted by molar-refractivity contribution is 0.221. The van der Waals surface area contributed by atoms with Gasteiger partial charge in [-0.05, 0) is 53.5 Å². The highest BCUT2D eigenvalue weighted by Crippen LogP contribution is 2.27. The van der Waals surface area contributed by atoms with Gasteiger partial charge in [0.15, 0.2) is 0 Å². The third-order valence-electron chi connectivity index (χ3n) is 2.40. The molecule has 0 bridgehead atoms. The van der Waals surface area contributed by atoms with Crippen LogP contribution < -0.4 is 10.1 Å². The Labute approximate surface area is 105 Å². The van der Waals surface area contributed by atoms with Crippen LogP contribution in [0.2, 0.25) is 0 Å². The van der Waals surface area contributed by atoms with Gasteiger partial charge in [0.1, 0.15) is 11.9 Å². The highest BCUT2D eigenvalue weighted by Gasteiger charge is 2.16. The Balaban J connectivity index is 0.00000112. The fourth-order valence-corrected chi connectivity index (χ4v) is 2.20. The van der Waals surface area contributed by atoms with E-state index in [1.54, 1.807) is 0 Å². The molecular weight excluding hydrogens is 277 g/mol. The Morgan fingerprint density at radius 2 is 2.27 bits per heavy atom. The number of ether oxygens (including phenoxy) is 1. The zero-order chi connectivity index (χ0) is 9.97. The average molecular weight is 293 g/mol. The molecule has 1 unspecified atom stereocenters. The fraction of sp³-hybridized carbons (Fsp3) is 0.455. The van der Waals surface area contributed by atoms with Gasteiger partial charge >= 0.3 is 0 Å². The predicted molar refractivity (Wildman–Crippen MR) is 68.0 cm³/mol. The van der Waals surface area contributed by atoms with E-state index in [0.29, 0.717) is 6.10 Å². The van der Waals surface area contributed by atoms with Crippen molar-refractivity contribution < 1.29 is 4.74 Å². The van der Waals surface area contributed by atoms with Crippen molar-refractivity contribution in [1.82, 2.24) is 5.32 Å². The molecule has 2 nitrogen and oxygen atoms in total. The normalized spacial score (nSPS) is 19.7. The van der Waals surface area contributed by atoms with E-state index in [9.17, 15) is 0 Å². The number of hydrogen-bond acceptors (Lipinski definition) is 2. The Bertz CT molecular complexity index is 326. The first-order valence-corrected chi connectivity index (χ1v) is 5.68. The molecule has 0 aromatic heterocycles. The van der Waals surface area contributed by atoms with Gasteiger partial charge in [-0.25, -0.2) is 0 Å². The number of halogens is 2. The van der Waals surface area contributed by atoms with Crippen LogP contribution in [0.4, 0.5) is 0 Å². The minimum atomic E-state index is 0. The van der Waals surface area contributed by atoms with Gasteiger partial charge in [0.25, 0.3) is 0 Å². The highest BCUT2D eigenvalue weighted by atomic mass is 79.9. The van der Waals surface area contributed by atoms with E-state index in [1.165, 1.54) is 5.56 Å². The molecule has 1 saturated heterocycles. The highest BCUT2D eigenvalue weighted by molar-refractivity contribution is 9.10.